The molecule has 128 valence electrons. The third-order valence-electron chi connectivity index (χ3n) is 4.39. The largest absolute Gasteiger partial charge is 0.478 e. The van der Waals surface area contributed by atoms with Gasteiger partial charge in [-0.25, -0.2) is 4.79 Å². The third-order valence-corrected chi connectivity index (χ3v) is 5.62. The van der Waals surface area contributed by atoms with Crippen molar-refractivity contribution in [3.05, 3.63) is 38.8 Å². The van der Waals surface area contributed by atoms with E-state index in [1.165, 1.54) is 17.5 Å². The summed E-state index contributed by atoms with van der Waals surface area (Å²) in [5.41, 5.74) is 0.906. The third kappa shape index (κ3) is 3.47. The molecule has 8 heteroatoms. The highest BCUT2D eigenvalue weighted by atomic mass is 35.5. The first kappa shape index (κ1) is 17.0. The van der Waals surface area contributed by atoms with Crippen molar-refractivity contribution in [2.45, 2.75) is 32.2 Å². The summed E-state index contributed by atoms with van der Waals surface area (Å²) in [5.74, 6) is -0.851. The predicted molar refractivity (Wildman–Crippen MR) is 91.8 cm³/mol. The summed E-state index contributed by atoms with van der Waals surface area (Å²) in [7, 11) is 0. The number of likely N-dealkylation sites (tertiary alicyclic amines) is 1. The molecule has 0 saturated carbocycles. The Labute approximate surface area is 148 Å². The lowest BCUT2D eigenvalue weighted by molar-refractivity contribution is -0.131. The maximum absolute atomic E-state index is 12.4. The average molecular weight is 368 g/mol. The van der Waals surface area contributed by atoms with Crippen molar-refractivity contribution in [3.63, 3.8) is 0 Å². The smallest absolute Gasteiger partial charge is 0.339 e. The van der Waals surface area contributed by atoms with Gasteiger partial charge in [-0.2, -0.15) is 5.10 Å². The number of halogens is 1. The molecule has 6 nitrogen and oxygen atoms in total. The Hall–Kier alpha value is -1.86. The Balaban J connectivity index is 1.59. The van der Waals surface area contributed by atoms with Gasteiger partial charge in [0.15, 0.2) is 0 Å². The summed E-state index contributed by atoms with van der Waals surface area (Å²) in [6, 6.07) is 3.83. The molecule has 0 aliphatic carbocycles. The Bertz CT molecular complexity index is 762. The lowest BCUT2D eigenvalue weighted by Crippen LogP contribution is -2.40. The van der Waals surface area contributed by atoms with Crippen LogP contribution >= 0.6 is 22.9 Å². The van der Waals surface area contributed by atoms with E-state index in [1.807, 2.05) is 17.0 Å². The van der Waals surface area contributed by atoms with E-state index >= 15 is 0 Å². The molecule has 0 spiro atoms. The number of carboxylic acid groups (broad SMARTS) is 1. The molecule has 3 rings (SSSR count). The normalized spacial score (nSPS) is 15.7. The Morgan fingerprint density at radius 3 is 2.62 bits per heavy atom. The van der Waals surface area contributed by atoms with E-state index in [0.717, 1.165) is 17.7 Å². The summed E-state index contributed by atoms with van der Waals surface area (Å²) in [6.45, 7) is 3.09. The second kappa shape index (κ2) is 6.94. The zero-order valence-corrected chi connectivity index (χ0v) is 14.8. The van der Waals surface area contributed by atoms with Gasteiger partial charge in [0.25, 0.3) is 0 Å². The number of carboxylic acids is 1. The maximum Gasteiger partial charge on any atom is 0.339 e. The number of rotatable bonds is 4. The number of piperidine rings is 1. The molecule has 24 heavy (non-hydrogen) atoms. The van der Waals surface area contributed by atoms with Crippen LogP contribution in [0.1, 0.15) is 39.8 Å². The number of thiophene rings is 1. The predicted octanol–water partition coefficient (Wildman–Crippen LogP) is 3.01. The lowest BCUT2D eigenvalue weighted by Gasteiger charge is -2.32. The first-order valence-electron chi connectivity index (χ1n) is 7.75. The quantitative estimate of drug-likeness (QED) is 0.901. The molecule has 0 bridgehead atoms. The molecule has 2 aromatic heterocycles. The van der Waals surface area contributed by atoms with Crippen molar-refractivity contribution >= 4 is 34.8 Å². The van der Waals surface area contributed by atoms with E-state index in [2.05, 4.69) is 5.10 Å². The standard InChI is InChI=1S/C16H18ClN3O3S/c1-10-13(16(22)23)9-18-20(10)11-4-6-19(7-5-11)15(21)8-12-2-3-14(17)24-12/h2-3,9,11H,4-8H2,1H3,(H,22,23). The van der Waals surface area contributed by atoms with Crippen LogP contribution in [-0.2, 0) is 11.2 Å². The Kier molecular flexibility index (Phi) is 4.91. The topological polar surface area (TPSA) is 75.4 Å². The van der Waals surface area contributed by atoms with Crippen LogP contribution in [0.4, 0.5) is 0 Å². The molecule has 0 atom stereocenters. The van der Waals surface area contributed by atoms with Crippen LogP contribution < -0.4 is 0 Å². The molecule has 0 aromatic carbocycles. The Morgan fingerprint density at radius 2 is 2.08 bits per heavy atom. The van der Waals surface area contributed by atoms with Crippen molar-refractivity contribution in [2.75, 3.05) is 13.1 Å². The molecule has 1 amide bonds. The highest BCUT2D eigenvalue weighted by Gasteiger charge is 2.26. The molecule has 3 heterocycles. The lowest BCUT2D eigenvalue weighted by atomic mass is 10.0. The van der Waals surface area contributed by atoms with Crippen LogP contribution in [0, 0.1) is 6.92 Å². The molecule has 1 saturated heterocycles. The molecule has 0 unspecified atom stereocenters. The van der Waals surface area contributed by atoms with Crippen LogP contribution in [0.3, 0.4) is 0 Å². The van der Waals surface area contributed by atoms with Gasteiger partial charge in [0.2, 0.25) is 5.91 Å². The molecule has 1 aliphatic rings. The SMILES string of the molecule is Cc1c(C(=O)O)cnn1C1CCN(C(=O)Cc2ccc(Cl)s2)CC1. The molecule has 2 aromatic rings. The van der Waals surface area contributed by atoms with E-state index < -0.39 is 5.97 Å². The molecular formula is C16H18ClN3O3S. The van der Waals surface area contributed by atoms with Gasteiger partial charge in [0.1, 0.15) is 5.56 Å². The molecule has 1 N–H and O–H groups in total. The van der Waals surface area contributed by atoms with E-state index in [0.29, 0.717) is 29.5 Å². The van der Waals surface area contributed by atoms with Gasteiger partial charge in [-0.3, -0.25) is 9.48 Å². The van der Waals surface area contributed by atoms with E-state index in [4.69, 9.17) is 16.7 Å². The zero-order valence-electron chi connectivity index (χ0n) is 13.2. The molecule has 1 fully saturated rings. The summed E-state index contributed by atoms with van der Waals surface area (Å²) in [5, 5.41) is 13.3. The minimum absolute atomic E-state index is 0.107. The van der Waals surface area contributed by atoms with Crippen molar-refractivity contribution in [1.82, 2.24) is 14.7 Å². The minimum atomic E-state index is -0.957. The monoisotopic (exact) mass is 367 g/mol. The van der Waals surface area contributed by atoms with Crippen molar-refractivity contribution in [3.8, 4) is 0 Å². The fourth-order valence-corrected chi connectivity index (χ4v) is 4.15. The fourth-order valence-electron chi connectivity index (χ4n) is 3.07. The van der Waals surface area contributed by atoms with Gasteiger partial charge in [-0.15, -0.1) is 11.3 Å². The zero-order chi connectivity index (χ0) is 17.3. The van der Waals surface area contributed by atoms with Gasteiger partial charge in [0.05, 0.1) is 28.7 Å². The number of hydrogen-bond donors (Lipinski definition) is 1. The number of carbonyl (C=O) groups excluding carboxylic acids is 1. The highest BCUT2D eigenvalue weighted by molar-refractivity contribution is 7.16. The number of carbonyl (C=O) groups is 2. The minimum Gasteiger partial charge on any atom is -0.478 e. The highest BCUT2D eigenvalue weighted by Crippen LogP contribution is 2.26. The molecular weight excluding hydrogens is 350 g/mol. The van der Waals surface area contributed by atoms with Crippen LogP contribution in [0.15, 0.2) is 18.3 Å². The van der Waals surface area contributed by atoms with Crippen LogP contribution in [0.5, 0.6) is 0 Å². The number of nitrogens with zero attached hydrogens (tertiary/aromatic N) is 3. The van der Waals surface area contributed by atoms with Gasteiger partial charge in [-0.1, -0.05) is 11.6 Å². The summed E-state index contributed by atoms with van der Waals surface area (Å²) >= 11 is 7.33. The number of amides is 1. The summed E-state index contributed by atoms with van der Waals surface area (Å²) in [4.78, 5) is 26.3. The fraction of sp³-hybridized carbons (Fsp3) is 0.438. The Morgan fingerprint density at radius 1 is 1.38 bits per heavy atom. The second-order valence-corrected chi connectivity index (χ2v) is 7.69. The van der Waals surface area contributed by atoms with Crippen molar-refractivity contribution in [1.29, 1.82) is 0 Å². The average Bonchev–Trinajstić information content (AvgIpc) is 3.13. The first-order valence-corrected chi connectivity index (χ1v) is 8.94. The van der Waals surface area contributed by atoms with E-state index in [1.54, 1.807) is 11.6 Å². The first-order chi connectivity index (χ1) is 11.5. The summed E-state index contributed by atoms with van der Waals surface area (Å²) in [6.07, 6.45) is 3.33. The van der Waals surface area contributed by atoms with Crippen LogP contribution in [0.25, 0.3) is 0 Å². The van der Waals surface area contributed by atoms with Crippen molar-refractivity contribution in [2.24, 2.45) is 0 Å². The van der Waals surface area contributed by atoms with E-state index in [-0.39, 0.29) is 17.5 Å². The number of hydrogen-bond acceptors (Lipinski definition) is 4. The second-order valence-electron chi connectivity index (χ2n) is 5.89. The number of aromatic carboxylic acids is 1. The molecule has 1 aliphatic heterocycles. The maximum atomic E-state index is 12.4. The van der Waals surface area contributed by atoms with Gasteiger partial charge in [-0.05, 0) is 31.9 Å². The van der Waals surface area contributed by atoms with Gasteiger partial charge >= 0.3 is 5.97 Å². The summed E-state index contributed by atoms with van der Waals surface area (Å²) < 4.78 is 2.48. The number of aromatic nitrogens is 2. The van der Waals surface area contributed by atoms with Crippen molar-refractivity contribution < 1.29 is 14.7 Å². The van der Waals surface area contributed by atoms with Gasteiger partial charge in [0, 0.05) is 18.0 Å². The van der Waals surface area contributed by atoms with Crippen LogP contribution in [-0.4, -0.2) is 44.8 Å². The van der Waals surface area contributed by atoms with Gasteiger partial charge < -0.3 is 10.0 Å². The van der Waals surface area contributed by atoms with Crippen LogP contribution in [0.2, 0.25) is 4.34 Å². The van der Waals surface area contributed by atoms with E-state index in [9.17, 15) is 9.59 Å². The molecule has 0 radical (unpaired) electrons.